The van der Waals surface area contributed by atoms with Crippen molar-refractivity contribution in [2.24, 2.45) is 0 Å². The normalized spacial score (nSPS) is 10.3. The standard InChI is InChI=1S/C10H15NOS/c1-12-7-6-11-8-9-2-4-10(13)5-3-9/h2-5,11,13H,6-8H2,1H3. The molecule has 0 fully saturated rings. The first-order chi connectivity index (χ1) is 6.33. The van der Waals surface area contributed by atoms with Crippen LogP contribution in [-0.2, 0) is 11.3 Å². The Kier molecular flexibility index (Phi) is 4.90. The van der Waals surface area contributed by atoms with Crippen LogP contribution < -0.4 is 5.32 Å². The lowest BCUT2D eigenvalue weighted by Gasteiger charge is -2.03. The lowest BCUT2D eigenvalue weighted by molar-refractivity contribution is 0.199. The van der Waals surface area contributed by atoms with Gasteiger partial charge in [-0.1, -0.05) is 12.1 Å². The fourth-order valence-electron chi connectivity index (χ4n) is 1.02. The van der Waals surface area contributed by atoms with E-state index in [1.54, 1.807) is 7.11 Å². The molecule has 0 heterocycles. The van der Waals surface area contributed by atoms with Gasteiger partial charge in [-0.3, -0.25) is 0 Å². The highest BCUT2D eigenvalue weighted by molar-refractivity contribution is 7.80. The van der Waals surface area contributed by atoms with E-state index in [4.69, 9.17) is 4.74 Å². The minimum atomic E-state index is 0.755. The van der Waals surface area contributed by atoms with Crippen LogP contribution in [0.4, 0.5) is 0 Å². The summed E-state index contributed by atoms with van der Waals surface area (Å²) < 4.78 is 4.92. The van der Waals surface area contributed by atoms with Crippen molar-refractivity contribution >= 4 is 12.6 Å². The van der Waals surface area contributed by atoms with Crippen molar-refractivity contribution in [3.8, 4) is 0 Å². The van der Waals surface area contributed by atoms with Crippen molar-refractivity contribution in [3.63, 3.8) is 0 Å². The lowest BCUT2D eigenvalue weighted by atomic mass is 10.2. The summed E-state index contributed by atoms with van der Waals surface area (Å²) in [4.78, 5) is 1.00. The van der Waals surface area contributed by atoms with E-state index >= 15 is 0 Å². The molecule has 0 atom stereocenters. The Balaban J connectivity index is 2.25. The third-order valence-electron chi connectivity index (χ3n) is 1.75. The zero-order valence-electron chi connectivity index (χ0n) is 7.79. The first-order valence-corrected chi connectivity index (χ1v) is 4.75. The SMILES string of the molecule is COCCNCc1ccc(S)cc1. The number of hydrogen-bond acceptors (Lipinski definition) is 3. The lowest BCUT2D eigenvalue weighted by Crippen LogP contribution is -2.18. The Morgan fingerprint density at radius 3 is 2.62 bits per heavy atom. The van der Waals surface area contributed by atoms with Gasteiger partial charge in [0, 0.05) is 25.1 Å². The van der Waals surface area contributed by atoms with Crippen molar-refractivity contribution < 1.29 is 4.74 Å². The van der Waals surface area contributed by atoms with Crippen LogP contribution >= 0.6 is 12.6 Å². The number of ether oxygens (including phenoxy) is 1. The van der Waals surface area contributed by atoms with E-state index in [-0.39, 0.29) is 0 Å². The van der Waals surface area contributed by atoms with Gasteiger partial charge in [0.15, 0.2) is 0 Å². The predicted octanol–water partition coefficient (Wildman–Crippen LogP) is 1.71. The van der Waals surface area contributed by atoms with Gasteiger partial charge in [-0.25, -0.2) is 0 Å². The molecule has 0 aromatic heterocycles. The second-order valence-corrected chi connectivity index (χ2v) is 3.35. The fourth-order valence-corrected chi connectivity index (χ4v) is 1.17. The Morgan fingerprint density at radius 1 is 1.31 bits per heavy atom. The number of benzene rings is 1. The second-order valence-electron chi connectivity index (χ2n) is 2.84. The van der Waals surface area contributed by atoms with Crippen LogP contribution in [-0.4, -0.2) is 20.3 Å². The van der Waals surface area contributed by atoms with Crippen LogP contribution in [0.25, 0.3) is 0 Å². The molecule has 0 aliphatic heterocycles. The van der Waals surface area contributed by atoms with Crippen molar-refractivity contribution in [2.75, 3.05) is 20.3 Å². The number of rotatable bonds is 5. The number of hydrogen-bond donors (Lipinski definition) is 2. The molecule has 0 saturated heterocycles. The van der Waals surface area contributed by atoms with Gasteiger partial charge in [0.1, 0.15) is 0 Å². The second kappa shape index (κ2) is 6.02. The maximum Gasteiger partial charge on any atom is 0.0587 e. The summed E-state index contributed by atoms with van der Waals surface area (Å²) in [5.41, 5.74) is 1.27. The summed E-state index contributed by atoms with van der Waals surface area (Å²) in [6.07, 6.45) is 0. The van der Waals surface area contributed by atoms with Crippen molar-refractivity contribution in [3.05, 3.63) is 29.8 Å². The minimum absolute atomic E-state index is 0.755. The number of nitrogens with one attached hydrogen (secondary N) is 1. The van der Waals surface area contributed by atoms with Gasteiger partial charge < -0.3 is 10.1 Å². The maximum absolute atomic E-state index is 4.92. The average Bonchev–Trinajstić information content (AvgIpc) is 2.15. The Labute approximate surface area is 84.7 Å². The average molecular weight is 197 g/mol. The molecule has 0 aliphatic carbocycles. The van der Waals surface area contributed by atoms with E-state index in [1.165, 1.54) is 5.56 Å². The molecular formula is C10H15NOS. The molecule has 1 rings (SSSR count). The summed E-state index contributed by atoms with van der Waals surface area (Å²) in [6, 6.07) is 8.14. The molecule has 2 nitrogen and oxygen atoms in total. The summed E-state index contributed by atoms with van der Waals surface area (Å²) in [5.74, 6) is 0. The molecule has 0 amide bonds. The summed E-state index contributed by atoms with van der Waals surface area (Å²) >= 11 is 4.22. The first-order valence-electron chi connectivity index (χ1n) is 4.30. The molecule has 0 radical (unpaired) electrons. The number of thiol groups is 1. The molecule has 13 heavy (non-hydrogen) atoms. The van der Waals surface area contributed by atoms with Crippen LogP contribution in [0.3, 0.4) is 0 Å². The van der Waals surface area contributed by atoms with Crippen molar-refractivity contribution in [1.82, 2.24) is 5.32 Å². The van der Waals surface area contributed by atoms with Crippen molar-refractivity contribution in [1.29, 1.82) is 0 Å². The molecule has 0 bridgehead atoms. The molecule has 3 heteroatoms. The molecule has 0 aliphatic rings. The zero-order chi connectivity index (χ0) is 9.52. The highest BCUT2D eigenvalue weighted by atomic mass is 32.1. The van der Waals surface area contributed by atoms with E-state index in [0.29, 0.717) is 0 Å². The highest BCUT2D eigenvalue weighted by Crippen LogP contribution is 2.06. The van der Waals surface area contributed by atoms with Gasteiger partial charge in [0.25, 0.3) is 0 Å². The topological polar surface area (TPSA) is 21.3 Å². The third kappa shape index (κ3) is 4.31. The third-order valence-corrected chi connectivity index (χ3v) is 2.05. The van der Waals surface area contributed by atoms with Crippen LogP contribution in [0.2, 0.25) is 0 Å². The van der Waals surface area contributed by atoms with Gasteiger partial charge in [-0.05, 0) is 17.7 Å². The molecule has 0 spiro atoms. The van der Waals surface area contributed by atoms with E-state index in [9.17, 15) is 0 Å². The van der Waals surface area contributed by atoms with E-state index in [1.807, 2.05) is 12.1 Å². The Hall–Kier alpha value is -0.510. The summed E-state index contributed by atoms with van der Waals surface area (Å²) in [5, 5.41) is 3.27. The first kappa shape index (κ1) is 10.6. The van der Waals surface area contributed by atoms with Gasteiger partial charge in [0.05, 0.1) is 6.61 Å². The van der Waals surface area contributed by atoms with Gasteiger partial charge in [-0.15, -0.1) is 12.6 Å². The zero-order valence-corrected chi connectivity index (χ0v) is 8.68. The predicted molar refractivity (Wildman–Crippen MR) is 57.3 cm³/mol. The Morgan fingerprint density at radius 2 is 2.00 bits per heavy atom. The highest BCUT2D eigenvalue weighted by Gasteiger charge is 1.91. The Bertz CT molecular complexity index is 235. The van der Waals surface area contributed by atoms with Crippen LogP contribution in [0, 0.1) is 0 Å². The fraction of sp³-hybridized carbons (Fsp3) is 0.400. The van der Waals surface area contributed by atoms with Gasteiger partial charge >= 0.3 is 0 Å². The van der Waals surface area contributed by atoms with Crippen LogP contribution in [0.15, 0.2) is 29.2 Å². The van der Waals surface area contributed by atoms with E-state index in [2.05, 4.69) is 30.1 Å². The quantitative estimate of drug-likeness (QED) is 0.554. The molecule has 1 N–H and O–H groups in total. The van der Waals surface area contributed by atoms with Gasteiger partial charge in [-0.2, -0.15) is 0 Å². The van der Waals surface area contributed by atoms with Gasteiger partial charge in [0.2, 0.25) is 0 Å². The molecular weight excluding hydrogens is 182 g/mol. The minimum Gasteiger partial charge on any atom is -0.383 e. The molecule has 0 unspecified atom stereocenters. The largest absolute Gasteiger partial charge is 0.383 e. The number of methoxy groups -OCH3 is 1. The van der Waals surface area contributed by atoms with Crippen molar-refractivity contribution in [2.45, 2.75) is 11.4 Å². The molecule has 0 saturated carbocycles. The maximum atomic E-state index is 4.92. The molecule has 1 aromatic rings. The summed E-state index contributed by atoms with van der Waals surface area (Å²) in [6.45, 7) is 2.53. The van der Waals surface area contributed by atoms with Crippen LogP contribution in [0.1, 0.15) is 5.56 Å². The summed E-state index contributed by atoms with van der Waals surface area (Å²) in [7, 11) is 1.71. The van der Waals surface area contributed by atoms with Crippen LogP contribution in [0.5, 0.6) is 0 Å². The molecule has 1 aromatic carbocycles. The molecule has 72 valence electrons. The monoisotopic (exact) mass is 197 g/mol. The van der Waals surface area contributed by atoms with E-state index < -0.39 is 0 Å². The van der Waals surface area contributed by atoms with E-state index in [0.717, 1.165) is 24.6 Å². The smallest absolute Gasteiger partial charge is 0.0587 e.